The molecule has 0 saturated carbocycles. The van der Waals surface area contributed by atoms with Gasteiger partial charge in [0, 0.05) is 5.02 Å². The monoisotopic (exact) mass is 397 g/mol. The van der Waals surface area contributed by atoms with Crippen LogP contribution in [0.15, 0.2) is 63.7 Å². The number of halogens is 1. The van der Waals surface area contributed by atoms with E-state index in [4.69, 9.17) is 22.1 Å². The third-order valence-electron chi connectivity index (χ3n) is 4.71. The van der Waals surface area contributed by atoms with Crippen LogP contribution >= 0.6 is 11.6 Å². The van der Waals surface area contributed by atoms with Gasteiger partial charge in [0.1, 0.15) is 17.4 Å². The largest absolute Gasteiger partial charge is 0.462 e. The lowest BCUT2D eigenvalue weighted by Gasteiger charge is -2.18. The molecule has 0 fully saturated rings. The Morgan fingerprint density at radius 1 is 1.07 bits per heavy atom. The van der Waals surface area contributed by atoms with Crippen molar-refractivity contribution in [2.24, 2.45) is 5.73 Å². The second-order valence-electron chi connectivity index (χ2n) is 6.29. The molecule has 28 heavy (non-hydrogen) atoms. The van der Waals surface area contributed by atoms with E-state index in [1.165, 1.54) is 4.68 Å². The normalized spacial score (nSPS) is 15.7. The molecular formula is C20H16ClN3O4. The molecule has 1 aliphatic rings. The van der Waals surface area contributed by atoms with E-state index in [1.54, 1.807) is 55.5 Å². The zero-order valence-corrected chi connectivity index (χ0v) is 15.6. The lowest BCUT2D eigenvalue weighted by atomic mass is 9.99. The molecular weight excluding hydrogens is 382 g/mol. The summed E-state index contributed by atoms with van der Waals surface area (Å²) in [6.07, 6.45) is 0. The van der Waals surface area contributed by atoms with E-state index < -0.39 is 23.1 Å². The molecule has 1 unspecified atom stereocenters. The van der Waals surface area contributed by atoms with Crippen LogP contribution in [0.25, 0.3) is 16.6 Å². The maximum Gasteiger partial charge on any atom is 0.340 e. The van der Waals surface area contributed by atoms with Gasteiger partial charge in [-0.05, 0) is 36.8 Å². The van der Waals surface area contributed by atoms with Gasteiger partial charge in [0.15, 0.2) is 0 Å². The SMILES string of the molecule is CCOC(=O)C1=C(N)n2c(=O)c3ccccc3c(=O)n2C1c1ccc(Cl)cc1. The Balaban J connectivity index is 2.10. The second kappa shape index (κ2) is 6.69. The Morgan fingerprint density at radius 2 is 1.68 bits per heavy atom. The molecule has 0 radical (unpaired) electrons. The highest BCUT2D eigenvalue weighted by molar-refractivity contribution is 6.30. The predicted molar refractivity (Wildman–Crippen MR) is 106 cm³/mol. The molecule has 8 heteroatoms. The highest BCUT2D eigenvalue weighted by Gasteiger charge is 2.38. The summed E-state index contributed by atoms with van der Waals surface area (Å²) in [5.74, 6) is -0.801. The van der Waals surface area contributed by atoms with Crippen molar-refractivity contribution in [3.63, 3.8) is 0 Å². The first kappa shape index (κ1) is 18.1. The predicted octanol–water partition coefficient (Wildman–Crippen LogP) is 2.11. The number of nitrogens with two attached hydrogens (primary N) is 1. The average molecular weight is 398 g/mol. The van der Waals surface area contributed by atoms with E-state index >= 15 is 0 Å². The van der Waals surface area contributed by atoms with Crippen LogP contribution in [-0.4, -0.2) is 21.9 Å². The fourth-order valence-corrected chi connectivity index (χ4v) is 3.62. The van der Waals surface area contributed by atoms with Crippen molar-refractivity contribution >= 4 is 34.2 Å². The summed E-state index contributed by atoms with van der Waals surface area (Å²) in [5, 5.41) is 0.979. The van der Waals surface area contributed by atoms with Crippen molar-refractivity contribution in [2.75, 3.05) is 6.61 Å². The number of benzene rings is 2. The van der Waals surface area contributed by atoms with E-state index in [0.717, 1.165) is 4.68 Å². The maximum absolute atomic E-state index is 13.2. The Labute approximate surface area is 164 Å². The molecule has 1 aliphatic heterocycles. The van der Waals surface area contributed by atoms with Gasteiger partial charge in [-0.1, -0.05) is 35.9 Å². The van der Waals surface area contributed by atoms with Crippen LogP contribution in [0, 0.1) is 0 Å². The fraction of sp³-hybridized carbons (Fsp3) is 0.150. The van der Waals surface area contributed by atoms with Crippen molar-refractivity contribution in [1.29, 1.82) is 0 Å². The number of hydrogen-bond acceptors (Lipinski definition) is 5. The maximum atomic E-state index is 13.2. The molecule has 4 rings (SSSR count). The van der Waals surface area contributed by atoms with Gasteiger partial charge in [0.25, 0.3) is 11.1 Å². The molecule has 0 saturated heterocycles. The quantitative estimate of drug-likeness (QED) is 0.683. The molecule has 7 nitrogen and oxygen atoms in total. The molecule has 1 atom stereocenters. The first-order valence-electron chi connectivity index (χ1n) is 8.65. The first-order valence-corrected chi connectivity index (χ1v) is 9.02. The molecule has 0 bridgehead atoms. The Hall–Kier alpha value is -3.32. The average Bonchev–Trinajstić information content (AvgIpc) is 3.00. The zero-order valence-electron chi connectivity index (χ0n) is 14.9. The summed E-state index contributed by atoms with van der Waals surface area (Å²) in [5.41, 5.74) is 5.90. The number of ether oxygens (including phenoxy) is 1. The molecule has 142 valence electrons. The number of nitrogens with zero attached hydrogens (tertiary/aromatic N) is 2. The number of carbonyl (C=O) groups is 1. The highest BCUT2D eigenvalue weighted by atomic mass is 35.5. The van der Waals surface area contributed by atoms with Gasteiger partial charge in [-0.15, -0.1) is 0 Å². The lowest BCUT2D eigenvalue weighted by molar-refractivity contribution is -0.138. The number of aromatic nitrogens is 2. The van der Waals surface area contributed by atoms with Gasteiger partial charge in [-0.3, -0.25) is 9.59 Å². The van der Waals surface area contributed by atoms with Gasteiger partial charge in [-0.25, -0.2) is 9.48 Å². The number of fused-ring (bicyclic) bond motifs is 2. The van der Waals surface area contributed by atoms with E-state index in [9.17, 15) is 14.4 Å². The van der Waals surface area contributed by atoms with E-state index in [-0.39, 0.29) is 28.8 Å². The summed E-state index contributed by atoms with van der Waals surface area (Å²) in [6, 6.07) is 12.2. The third-order valence-corrected chi connectivity index (χ3v) is 4.96. The van der Waals surface area contributed by atoms with Crippen LogP contribution in [-0.2, 0) is 9.53 Å². The third kappa shape index (κ3) is 2.55. The Kier molecular flexibility index (Phi) is 4.31. The summed E-state index contributed by atoms with van der Waals surface area (Å²) in [6.45, 7) is 1.80. The molecule has 2 heterocycles. The minimum Gasteiger partial charge on any atom is -0.462 e. The summed E-state index contributed by atoms with van der Waals surface area (Å²) < 4.78 is 7.40. The van der Waals surface area contributed by atoms with Gasteiger partial charge in [0.05, 0.1) is 17.4 Å². The van der Waals surface area contributed by atoms with Crippen LogP contribution < -0.4 is 16.9 Å². The van der Waals surface area contributed by atoms with Crippen molar-refractivity contribution in [2.45, 2.75) is 13.0 Å². The summed E-state index contributed by atoms with van der Waals surface area (Å²) in [7, 11) is 0. The van der Waals surface area contributed by atoms with Crippen LogP contribution in [0.2, 0.25) is 5.02 Å². The number of hydrogen-bond donors (Lipinski definition) is 1. The van der Waals surface area contributed by atoms with Gasteiger partial charge in [-0.2, -0.15) is 4.68 Å². The highest BCUT2D eigenvalue weighted by Crippen LogP contribution is 2.34. The Bertz CT molecular complexity index is 1260. The van der Waals surface area contributed by atoms with Crippen LogP contribution in [0.5, 0.6) is 0 Å². The van der Waals surface area contributed by atoms with Crippen molar-refractivity contribution < 1.29 is 9.53 Å². The topological polar surface area (TPSA) is 96.3 Å². The van der Waals surface area contributed by atoms with E-state index in [2.05, 4.69) is 0 Å². The summed E-state index contributed by atoms with van der Waals surface area (Å²) in [4.78, 5) is 39.0. The van der Waals surface area contributed by atoms with Crippen LogP contribution in [0.3, 0.4) is 0 Å². The Morgan fingerprint density at radius 3 is 2.29 bits per heavy atom. The first-order chi connectivity index (χ1) is 13.5. The molecule has 2 aromatic carbocycles. The second-order valence-corrected chi connectivity index (χ2v) is 6.72. The standard InChI is InChI=1S/C20H16ClN3O4/c1-2-28-20(27)15-16(11-7-9-12(21)10-8-11)23-18(25)13-5-3-4-6-14(13)19(26)24(23)17(15)22/h3-10,16H,2,22H2,1H3. The minimum atomic E-state index is -0.902. The van der Waals surface area contributed by atoms with Crippen molar-refractivity contribution in [3.05, 3.63) is 85.4 Å². The number of rotatable bonds is 3. The minimum absolute atomic E-state index is 0.0404. The number of esters is 1. The van der Waals surface area contributed by atoms with Gasteiger partial charge < -0.3 is 10.5 Å². The fourth-order valence-electron chi connectivity index (χ4n) is 3.49. The number of carbonyl (C=O) groups excluding carboxylic acids is 1. The lowest BCUT2D eigenvalue weighted by Crippen LogP contribution is -2.38. The van der Waals surface area contributed by atoms with Gasteiger partial charge in [0.2, 0.25) is 0 Å². The van der Waals surface area contributed by atoms with Crippen LogP contribution in [0.1, 0.15) is 18.5 Å². The molecule has 0 aliphatic carbocycles. The molecule has 0 amide bonds. The molecule has 3 aromatic rings. The van der Waals surface area contributed by atoms with Crippen molar-refractivity contribution in [1.82, 2.24) is 9.36 Å². The van der Waals surface area contributed by atoms with E-state index in [1.807, 2.05) is 0 Å². The molecule has 0 spiro atoms. The molecule has 1 aromatic heterocycles. The zero-order chi connectivity index (χ0) is 20.0. The van der Waals surface area contributed by atoms with Crippen molar-refractivity contribution in [3.8, 4) is 0 Å². The summed E-state index contributed by atoms with van der Waals surface area (Å²) >= 11 is 5.98. The van der Waals surface area contributed by atoms with Crippen LogP contribution in [0.4, 0.5) is 0 Å². The van der Waals surface area contributed by atoms with E-state index in [0.29, 0.717) is 10.6 Å². The van der Waals surface area contributed by atoms with Gasteiger partial charge >= 0.3 is 5.97 Å². The molecule has 2 N–H and O–H groups in total. The smallest absolute Gasteiger partial charge is 0.340 e.